The molecule has 7 nitrogen and oxygen atoms in total. The van der Waals surface area contributed by atoms with Crippen LogP contribution in [0.2, 0.25) is 0 Å². The Kier molecular flexibility index (Phi) is 5.00. The fourth-order valence-electron chi connectivity index (χ4n) is 3.87. The predicted octanol–water partition coefficient (Wildman–Crippen LogP) is 1.43. The number of nitrogens with one attached hydrogen (secondary N) is 2. The Balaban J connectivity index is 1.56. The van der Waals surface area contributed by atoms with Gasteiger partial charge in [-0.05, 0) is 25.3 Å². The summed E-state index contributed by atoms with van der Waals surface area (Å²) in [4.78, 5) is 25.6. The second kappa shape index (κ2) is 7.59. The molecule has 0 saturated heterocycles. The lowest BCUT2D eigenvalue weighted by Gasteiger charge is -2.21. The Morgan fingerprint density at radius 1 is 1.32 bits per heavy atom. The largest absolute Gasteiger partial charge is 0.349 e. The minimum atomic E-state index is -0.195. The second-order valence-electron chi connectivity index (χ2n) is 7.41. The summed E-state index contributed by atoms with van der Waals surface area (Å²) in [6.45, 7) is 3.36. The van der Waals surface area contributed by atoms with Crippen molar-refractivity contribution < 1.29 is 4.79 Å². The first kappa shape index (κ1) is 18.4. The molecule has 3 aromatic rings. The smallest absolute Gasteiger partial charge is 0.279 e. The average molecular weight is 379 g/mol. The normalized spacial score (nSPS) is 14.6. The van der Waals surface area contributed by atoms with Crippen molar-refractivity contribution in [3.63, 3.8) is 0 Å². The van der Waals surface area contributed by atoms with E-state index in [9.17, 15) is 9.59 Å². The van der Waals surface area contributed by atoms with Crippen LogP contribution in [0.5, 0.6) is 0 Å². The lowest BCUT2D eigenvalue weighted by Crippen LogP contribution is -2.36. The van der Waals surface area contributed by atoms with Gasteiger partial charge in [0, 0.05) is 38.3 Å². The fraction of sp³-hybridized carbons (Fsp3) is 0.381. The van der Waals surface area contributed by atoms with Crippen LogP contribution >= 0.6 is 0 Å². The number of benzene rings is 1. The molecule has 0 bridgehead atoms. The van der Waals surface area contributed by atoms with Crippen molar-refractivity contribution in [2.24, 2.45) is 7.05 Å². The van der Waals surface area contributed by atoms with E-state index in [0.717, 1.165) is 37.1 Å². The van der Waals surface area contributed by atoms with E-state index in [-0.39, 0.29) is 17.5 Å². The van der Waals surface area contributed by atoms with Gasteiger partial charge in [-0.2, -0.15) is 9.61 Å². The molecule has 1 aliphatic rings. The van der Waals surface area contributed by atoms with Crippen LogP contribution in [0.15, 0.2) is 41.3 Å². The van der Waals surface area contributed by atoms with Gasteiger partial charge in [0.2, 0.25) is 0 Å². The Morgan fingerprint density at radius 3 is 2.89 bits per heavy atom. The molecule has 0 saturated carbocycles. The Labute approximate surface area is 163 Å². The molecule has 2 aromatic heterocycles. The molecule has 146 valence electrons. The van der Waals surface area contributed by atoms with E-state index in [1.54, 1.807) is 0 Å². The third-order valence-corrected chi connectivity index (χ3v) is 5.44. The summed E-state index contributed by atoms with van der Waals surface area (Å²) >= 11 is 0. The average Bonchev–Trinajstić information content (AvgIpc) is 3.17. The molecule has 1 aromatic carbocycles. The van der Waals surface area contributed by atoms with Crippen LogP contribution < -0.4 is 16.2 Å². The first-order chi connectivity index (χ1) is 13.6. The van der Waals surface area contributed by atoms with E-state index in [4.69, 9.17) is 0 Å². The number of rotatable bonds is 5. The second-order valence-corrected chi connectivity index (χ2v) is 7.41. The minimum Gasteiger partial charge on any atom is -0.349 e. The molecule has 7 heteroatoms. The number of carbonyl (C=O) groups is 1. The Bertz CT molecular complexity index is 1070. The molecule has 28 heavy (non-hydrogen) atoms. The monoisotopic (exact) mass is 379 g/mol. The predicted molar refractivity (Wildman–Crippen MR) is 108 cm³/mol. The van der Waals surface area contributed by atoms with Crippen molar-refractivity contribution in [3.8, 4) is 0 Å². The Hall–Kier alpha value is -2.93. The van der Waals surface area contributed by atoms with Crippen LogP contribution in [-0.2, 0) is 26.4 Å². The molecular weight excluding hydrogens is 354 g/mol. The third kappa shape index (κ3) is 3.33. The van der Waals surface area contributed by atoms with Gasteiger partial charge in [-0.1, -0.05) is 30.3 Å². The zero-order valence-electron chi connectivity index (χ0n) is 16.2. The molecule has 1 atom stereocenters. The fourth-order valence-corrected chi connectivity index (χ4v) is 3.87. The van der Waals surface area contributed by atoms with Crippen molar-refractivity contribution in [3.05, 3.63) is 69.3 Å². The molecule has 0 unspecified atom stereocenters. The van der Waals surface area contributed by atoms with Crippen molar-refractivity contribution in [1.29, 1.82) is 0 Å². The van der Waals surface area contributed by atoms with Crippen molar-refractivity contribution in [1.82, 2.24) is 24.8 Å². The standard InChI is InChI=1S/C21H25N5O2/c1-14(8-9-15-6-4-3-5-7-15)24-19(27)17-13-23-26-20(17)25(2)18-10-11-22-12-16(18)21(26)28/h3-7,13-14,22H,8-12H2,1-2H3,(H,24,27)/t14-/m1/s1. The zero-order valence-corrected chi connectivity index (χ0v) is 16.2. The van der Waals surface area contributed by atoms with Crippen molar-refractivity contribution >= 4 is 11.6 Å². The molecule has 0 spiro atoms. The molecule has 2 N–H and O–H groups in total. The quantitative estimate of drug-likeness (QED) is 0.703. The highest BCUT2D eigenvalue weighted by Crippen LogP contribution is 2.16. The van der Waals surface area contributed by atoms with Crippen LogP contribution in [-0.4, -0.2) is 32.7 Å². The van der Waals surface area contributed by atoms with Gasteiger partial charge in [-0.25, -0.2) is 0 Å². The number of hydrogen-bond acceptors (Lipinski definition) is 4. The van der Waals surface area contributed by atoms with Gasteiger partial charge in [-0.15, -0.1) is 0 Å². The van der Waals surface area contributed by atoms with E-state index in [2.05, 4.69) is 27.9 Å². The molecule has 4 rings (SSSR count). The molecule has 1 aliphatic heterocycles. The van der Waals surface area contributed by atoms with Gasteiger partial charge in [-0.3, -0.25) is 9.59 Å². The van der Waals surface area contributed by atoms with Gasteiger partial charge >= 0.3 is 0 Å². The van der Waals surface area contributed by atoms with Crippen molar-refractivity contribution in [2.75, 3.05) is 6.54 Å². The van der Waals surface area contributed by atoms with Crippen LogP contribution in [0.3, 0.4) is 0 Å². The number of amides is 1. The highest BCUT2D eigenvalue weighted by molar-refractivity contribution is 6.00. The van der Waals surface area contributed by atoms with Gasteiger partial charge in [0.15, 0.2) is 5.65 Å². The molecule has 0 fully saturated rings. The molecule has 3 heterocycles. The number of fused-ring (bicyclic) bond motifs is 2. The lowest BCUT2D eigenvalue weighted by molar-refractivity contribution is 0.0939. The van der Waals surface area contributed by atoms with Gasteiger partial charge < -0.3 is 15.2 Å². The SMILES string of the molecule is C[C@H](CCc1ccccc1)NC(=O)c1cnn2c(=O)c3c(n(C)c12)CCNC3. The summed E-state index contributed by atoms with van der Waals surface area (Å²) in [5, 5.41) is 10.5. The summed E-state index contributed by atoms with van der Waals surface area (Å²) in [6.07, 6.45) is 4.00. The maximum absolute atomic E-state index is 12.9. The number of carbonyl (C=O) groups excluding carboxylic acids is 1. The Morgan fingerprint density at radius 2 is 2.11 bits per heavy atom. The molecular formula is C21H25N5O2. The summed E-state index contributed by atoms with van der Waals surface area (Å²) < 4.78 is 3.28. The molecule has 0 aliphatic carbocycles. The van der Waals surface area contributed by atoms with Crippen molar-refractivity contribution in [2.45, 2.75) is 38.8 Å². The topological polar surface area (TPSA) is 80.4 Å². The van der Waals surface area contributed by atoms with E-state index in [0.29, 0.717) is 17.8 Å². The van der Waals surface area contributed by atoms with Crippen LogP contribution in [0.1, 0.15) is 40.5 Å². The van der Waals surface area contributed by atoms with Gasteiger partial charge in [0.25, 0.3) is 11.5 Å². The number of aryl methyl sites for hydroxylation is 2. The summed E-state index contributed by atoms with van der Waals surface area (Å²) in [7, 11) is 1.90. The zero-order chi connectivity index (χ0) is 19.7. The summed E-state index contributed by atoms with van der Waals surface area (Å²) in [5.74, 6) is -0.195. The number of nitrogens with zero attached hydrogens (tertiary/aromatic N) is 3. The number of aromatic nitrogens is 3. The van der Waals surface area contributed by atoms with Crippen LogP contribution in [0.25, 0.3) is 5.65 Å². The number of hydrogen-bond donors (Lipinski definition) is 2. The molecule has 1 amide bonds. The minimum absolute atomic E-state index is 0.0153. The van der Waals surface area contributed by atoms with Crippen LogP contribution in [0.4, 0.5) is 0 Å². The van der Waals surface area contributed by atoms with E-state index < -0.39 is 0 Å². The van der Waals surface area contributed by atoms with E-state index in [1.807, 2.05) is 36.7 Å². The summed E-state index contributed by atoms with van der Waals surface area (Å²) in [6, 6.07) is 10.2. The molecule has 0 radical (unpaired) electrons. The highest BCUT2D eigenvalue weighted by atomic mass is 16.2. The van der Waals surface area contributed by atoms with Crippen LogP contribution in [0, 0.1) is 0 Å². The third-order valence-electron chi connectivity index (χ3n) is 5.44. The van der Waals surface area contributed by atoms with Gasteiger partial charge in [0.1, 0.15) is 5.56 Å². The van der Waals surface area contributed by atoms with E-state index in [1.165, 1.54) is 16.3 Å². The highest BCUT2D eigenvalue weighted by Gasteiger charge is 2.23. The maximum Gasteiger partial charge on any atom is 0.279 e. The first-order valence-electron chi connectivity index (χ1n) is 9.70. The first-order valence-corrected chi connectivity index (χ1v) is 9.70. The van der Waals surface area contributed by atoms with E-state index >= 15 is 0 Å². The maximum atomic E-state index is 12.9. The lowest BCUT2D eigenvalue weighted by atomic mass is 10.1. The van der Waals surface area contributed by atoms with Gasteiger partial charge in [0.05, 0.1) is 11.8 Å². The summed E-state index contributed by atoms with van der Waals surface area (Å²) in [5.41, 5.74) is 3.80.